The molecule has 3 atom stereocenters. The first-order valence-electron chi connectivity index (χ1n) is 16.6. The highest BCUT2D eigenvalue weighted by molar-refractivity contribution is 6.00. The quantitative estimate of drug-likeness (QED) is 0.274. The number of aromatic nitrogens is 6. The number of methoxy groups -OCH3 is 1. The van der Waals surface area contributed by atoms with E-state index >= 15 is 0 Å². The molecule has 2 unspecified atom stereocenters. The first-order valence-corrected chi connectivity index (χ1v) is 16.6. The van der Waals surface area contributed by atoms with Gasteiger partial charge >= 0.3 is 0 Å². The summed E-state index contributed by atoms with van der Waals surface area (Å²) in [4.78, 5) is 48.9. The Bertz CT molecular complexity index is 2030. The van der Waals surface area contributed by atoms with E-state index < -0.39 is 0 Å². The summed E-state index contributed by atoms with van der Waals surface area (Å²) in [5, 5.41) is 1.07. The van der Waals surface area contributed by atoms with Gasteiger partial charge in [0, 0.05) is 74.1 Å². The zero-order chi connectivity index (χ0) is 31.8. The van der Waals surface area contributed by atoms with Crippen molar-refractivity contribution < 1.29 is 14.3 Å². The Morgan fingerprint density at radius 2 is 1.79 bits per heavy atom. The lowest BCUT2D eigenvalue weighted by atomic mass is 9.99. The summed E-state index contributed by atoms with van der Waals surface area (Å²) in [6, 6.07) is 11.8. The number of piperidine rings is 1. The van der Waals surface area contributed by atoms with Crippen LogP contribution in [0, 0.1) is 17.8 Å². The first kappa shape index (κ1) is 28.4. The van der Waals surface area contributed by atoms with Crippen LogP contribution in [0.25, 0.3) is 33.6 Å². The summed E-state index contributed by atoms with van der Waals surface area (Å²) in [5.74, 6) is 2.49. The Morgan fingerprint density at radius 3 is 2.51 bits per heavy atom. The maximum atomic E-state index is 13.9. The minimum Gasteiger partial charge on any atom is -0.494 e. The second-order valence-corrected chi connectivity index (χ2v) is 13.7. The van der Waals surface area contributed by atoms with Crippen LogP contribution < -0.4 is 10.5 Å². The standard InChI is InChI=1S/C35H37N9O3/c1-47-29-13-24(34(45)43-18-23-6-7-27(43)30(23)36)11-26-31(29)44(17-21-14-41(15-21)35(46)25-8-10-37-19-39-25)33(40-26)28-12-22-3-2-9-38-32(22)42(28)16-20-4-5-20/h2-3,8-13,19-21,23,27,30H,4-7,14-18,36H2,1H3/t23?,27?,30-/m1/s1. The molecule has 0 radical (unpaired) electrons. The summed E-state index contributed by atoms with van der Waals surface area (Å²) < 4.78 is 10.5. The van der Waals surface area contributed by atoms with Crippen molar-refractivity contribution in [3.05, 3.63) is 66.4 Å². The summed E-state index contributed by atoms with van der Waals surface area (Å²) >= 11 is 0. The van der Waals surface area contributed by atoms with E-state index in [2.05, 4.69) is 31.2 Å². The Morgan fingerprint density at radius 1 is 0.936 bits per heavy atom. The van der Waals surface area contributed by atoms with Crippen molar-refractivity contribution >= 4 is 33.9 Å². The largest absolute Gasteiger partial charge is 0.494 e. The third kappa shape index (κ3) is 4.68. The molecule has 240 valence electrons. The lowest BCUT2D eigenvalue weighted by molar-refractivity contribution is 0.0465. The molecule has 2 saturated heterocycles. The maximum absolute atomic E-state index is 13.9. The Labute approximate surface area is 271 Å². The van der Waals surface area contributed by atoms with Crippen molar-refractivity contribution in [1.29, 1.82) is 0 Å². The van der Waals surface area contributed by atoms with Crippen LogP contribution in [0.5, 0.6) is 5.75 Å². The number of ether oxygens (including phenoxy) is 1. The van der Waals surface area contributed by atoms with Gasteiger partial charge in [0.1, 0.15) is 28.9 Å². The van der Waals surface area contributed by atoms with E-state index in [1.54, 1.807) is 19.4 Å². The van der Waals surface area contributed by atoms with Crippen molar-refractivity contribution in [3.8, 4) is 17.3 Å². The Kier molecular flexibility index (Phi) is 6.56. The van der Waals surface area contributed by atoms with Gasteiger partial charge in [-0.25, -0.2) is 19.9 Å². The molecule has 5 aromatic rings. The summed E-state index contributed by atoms with van der Waals surface area (Å²) in [7, 11) is 1.65. The van der Waals surface area contributed by atoms with E-state index in [4.69, 9.17) is 20.4 Å². The molecule has 2 aliphatic heterocycles. The molecule has 6 heterocycles. The third-order valence-electron chi connectivity index (χ3n) is 10.7. The lowest BCUT2D eigenvalue weighted by Crippen LogP contribution is -2.51. The molecule has 2 amide bonds. The smallest absolute Gasteiger partial charge is 0.272 e. The SMILES string of the molecule is COc1cc(C(=O)N2CC3CCC2[C@@H]3N)cc2nc(-c3cc4cccnc4n3CC3CC3)n(CC3CN(C(=O)c4ccncn4)C3)c12. The fraction of sp³-hybridized carbons (Fsp3) is 0.429. The van der Waals surface area contributed by atoms with E-state index in [0.717, 1.165) is 47.5 Å². The predicted octanol–water partition coefficient (Wildman–Crippen LogP) is 3.60. The minimum atomic E-state index is -0.0916. The van der Waals surface area contributed by atoms with Gasteiger partial charge in [-0.2, -0.15) is 0 Å². The van der Waals surface area contributed by atoms with Crippen molar-refractivity contribution in [2.45, 2.75) is 50.9 Å². The molecule has 4 fully saturated rings. The topological polar surface area (TPSA) is 137 Å². The van der Waals surface area contributed by atoms with Gasteiger partial charge in [0.25, 0.3) is 11.8 Å². The number of fused-ring (bicyclic) bond motifs is 4. The van der Waals surface area contributed by atoms with Crippen molar-refractivity contribution in [3.63, 3.8) is 0 Å². The lowest BCUT2D eigenvalue weighted by Gasteiger charge is -2.39. The van der Waals surface area contributed by atoms with E-state index in [9.17, 15) is 9.59 Å². The highest BCUT2D eigenvalue weighted by Gasteiger charge is 2.47. The van der Waals surface area contributed by atoms with Gasteiger partial charge in [-0.1, -0.05) is 0 Å². The van der Waals surface area contributed by atoms with Crippen molar-refractivity contribution in [1.82, 2.24) is 38.9 Å². The highest BCUT2D eigenvalue weighted by atomic mass is 16.5. The molecular weight excluding hydrogens is 594 g/mol. The molecule has 0 spiro atoms. The number of likely N-dealkylation sites (tertiary alicyclic amines) is 2. The highest BCUT2D eigenvalue weighted by Crippen LogP contribution is 2.41. The van der Waals surface area contributed by atoms with Crippen LogP contribution in [0.4, 0.5) is 0 Å². The number of carbonyl (C=O) groups excluding carboxylic acids is 2. The molecule has 4 aromatic heterocycles. The molecule has 12 nitrogen and oxygen atoms in total. The van der Waals surface area contributed by atoms with E-state index in [-0.39, 0.29) is 29.8 Å². The molecule has 4 aliphatic rings. The predicted molar refractivity (Wildman–Crippen MR) is 175 cm³/mol. The van der Waals surface area contributed by atoms with Crippen LogP contribution in [0.3, 0.4) is 0 Å². The number of nitrogens with zero attached hydrogens (tertiary/aromatic N) is 8. The first-order chi connectivity index (χ1) is 23.0. The van der Waals surface area contributed by atoms with Gasteiger partial charge < -0.3 is 29.4 Å². The summed E-state index contributed by atoms with van der Waals surface area (Å²) in [6.07, 6.45) is 9.28. The molecule has 2 aliphatic carbocycles. The van der Waals surface area contributed by atoms with Gasteiger partial charge in [-0.3, -0.25) is 9.59 Å². The monoisotopic (exact) mass is 631 g/mol. The molecular formula is C35H37N9O3. The fourth-order valence-corrected chi connectivity index (χ4v) is 8.03. The van der Waals surface area contributed by atoms with Crippen LogP contribution >= 0.6 is 0 Å². The van der Waals surface area contributed by atoms with Crippen LogP contribution in [0.2, 0.25) is 0 Å². The number of rotatable bonds is 8. The maximum Gasteiger partial charge on any atom is 0.272 e. The van der Waals surface area contributed by atoms with Crippen LogP contribution in [-0.4, -0.2) is 89.5 Å². The molecule has 9 rings (SSSR count). The number of nitrogens with two attached hydrogens (primary N) is 1. The molecule has 2 N–H and O–H groups in total. The van der Waals surface area contributed by atoms with Crippen molar-refractivity contribution in [2.75, 3.05) is 26.7 Å². The third-order valence-corrected chi connectivity index (χ3v) is 10.7. The summed E-state index contributed by atoms with van der Waals surface area (Å²) in [5.41, 5.74) is 10.9. The summed E-state index contributed by atoms with van der Waals surface area (Å²) in [6.45, 7) is 3.41. The zero-order valence-electron chi connectivity index (χ0n) is 26.3. The van der Waals surface area contributed by atoms with Gasteiger partial charge in [0.05, 0.1) is 18.3 Å². The second kappa shape index (κ2) is 10.9. The van der Waals surface area contributed by atoms with E-state index in [1.165, 1.54) is 19.2 Å². The van der Waals surface area contributed by atoms with Gasteiger partial charge in [-0.05, 0) is 73.9 Å². The van der Waals surface area contributed by atoms with E-state index in [1.807, 2.05) is 34.2 Å². The molecule has 12 heteroatoms. The number of hydrogen-bond acceptors (Lipinski definition) is 8. The molecule has 2 saturated carbocycles. The zero-order valence-corrected chi connectivity index (χ0v) is 26.3. The number of imidazole rings is 1. The molecule has 2 bridgehead atoms. The fourth-order valence-electron chi connectivity index (χ4n) is 8.03. The second-order valence-electron chi connectivity index (χ2n) is 13.7. The number of pyridine rings is 1. The van der Waals surface area contributed by atoms with Crippen LogP contribution in [-0.2, 0) is 13.1 Å². The number of hydrogen-bond donors (Lipinski definition) is 1. The molecule has 1 aromatic carbocycles. The number of carbonyl (C=O) groups is 2. The normalized spacial score (nSPS) is 22.4. The number of amides is 2. The average molecular weight is 632 g/mol. The minimum absolute atomic E-state index is 0.0196. The van der Waals surface area contributed by atoms with Crippen LogP contribution in [0.1, 0.15) is 46.5 Å². The van der Waals surface area contributed by atoms with Crippen molar-refractivity contribution in [2.24, 2.45) is 23.5 Å². The number of benzene rings is 1. The van der Waals surface area contributed by atoms with Gasteiger partial charge in [0.2, 0.25) is 0 Å². The Balaban J connectivity index is 1.13. The van der Waals surface area contributed by atoms with Gasteiger partial charge in [-0.15, -0.1) is 0 Å². The average Bonchev–Trinajstić information content (AvgIpc) is 3.44. The molecule has 47 heavy (non-hydrogen) atoms. The van der Waals surface area contributed by atoms with E-state index in [0.29, 0.717) is 60.5 Å². The van der Waals surface area contributed by atoms with Gasteiger partial charge in [0.15, 0.2) is 5.82 Å². The van der Waals surface area contributed by atoms with Crippen LogP contribution in [0.15, 0.2) is 55.1 Å². The Hall–Kier alpha value is -4.84.